The van der Waals surface area contributed by atoms with E-state index in [0.29, 0.717) is 18.2 Å². The predicted molar refractivity (Wildman–Crippen MR) is 90.4 cm³/mol. The molecule has 1 aliphatic heterocycles. The van der Waals surface area contributed by atoms with Gasteiger partial charge < -0.3 is 15.4 Å². The van der Waals surface area contributed by atoms with Gasteiger partial charge >= 0.3 is 12.2 Å². The fraction of sp³-hybridized carbons (Fsp3) is 0.611. The van der Waals surface area contributed by atoms with Crippen LogP contribution in [0, 0.1) is 5.92 Å². The van der Waals surface area contributed by atoms with Gasteiger partial charge in [-0.25, -0.2) is 4.79 Å². The number of halogens is 3. The van der Waals surface area contributed by atoms with Crippen LogP contribution in [0.5, 0.6) is 0 Å². The lowest BCUT2D eigenvalue weighted by Crippen LogP contribution is -2.45. The maximum Gasteiger partial charge on any atom is 0.416 e. The zero-order valence-corrected chi connectivity index (χ0v) is 14.5. The lowest BCUT2D eigenvalue weighted by molar-refractivity contribution is -0.137. The van der Waals surface area contributed by atoms with Crippen LogP contribution < -0.4 is 10.6 Å². The van der Waals surface area contributed by atoms with Gasteiger partial charge in [-0.15, -0.1) is 0 Å². The van der Waals surface area contributed by atoms with Crippen molar-refractivity contribution in [1.82, 2.24) is 5.32 Å². The SMILES string of the molecule is CCC(CC)C1CC(NC(=O)Nc2ccc(C(F)(F)F)cc2)CCO1. The molecule has 2 rings (SSSR count). The molecule has 1 heterocycles. The van der Waals surface area contributed by atoms with Crippen molar-refractivity contribution in [2.24, 2.45) is 5.92 Å². The van der Waals surface area contributed by atoms with Gasteiger partial charge in [-0.3, -0.25) is 0 Å². The van der Waals surface area contributed by atoms with E-state index >= 15 is 0 Å². The largest absolute Gasteiger partial charge is 0.416 e. The minimum Gasteiger partial charge on any atom is -0.378 e. The van der Waals surface area contributed by atoms with Gasteiger partial charge in [-0.2, -0.15) is 13.2 Å². The maximum absolute atomic E-state index is 12.5. The highest BCUT2D eigenvalue weighted by Gasteiger charge is 2.30. The summed E-state index contributed by atoms with van der Waals surface area (Å²) in [6.45, 7) is 4.87. The summed E-state index contributed by atoms with van der Waals surface area (Å²) < 4.78 is 43.4. The quantitative estimate of drug-likeness (QED) is 0.793. The second kappa shape index (κ2) is 8.56. The third kappa shape index (κ3) is 5.63. The number of hydrogen-bond donors (Lipinski definition) is 2. The van der Waals surface area contributed by atoms with Crippen molar-refractivity contribution in [2.75, 3.05) is 11.9 Å². The first kappa shape index (κ1) is 19.6. The summed E-state index contributed by atoms with van der Waals surface area (Å²) in [5.41, 5.74) is -0.412. The standard InChI is InChI=1S/C18H25F3N2O2/c1-3-12(4-2)16-11-15(9-10-25-16)23-17(24)22-14-7-5-13(6-8-14)18(19,20)21/h5-8,12,15-16H,3-4,9-11H2,1-2H3,(H2,22,23,24). The lowest BCUT2D eigenvalue weighted by atomic mass is 9.89. The van der Waals surface area contributed by atoms with Crippen molar-refractivity contribution in [3.63, 3.8) is 0 Å². The van der Waals surface area contributed by atoms with Crippen LogP contribution in [0.4, 0.5) is 23.7 Å². The van der Waals surface area contributed by atoms with Gasteiger partial charge in [0.1, 0.15) is 0 Å². The Hall–Kier alpha value is -1.76. The van der Waals surface area contributed by atoms with Crippen LogP contribution in [-0.2, 0) is 10.9 Å². The Kier molecular flexibility index (Phi) is 6.70. The zero-order chi connectivity index (χ0) is 18.4. The summed E-state index contributed by atoms with van der Waals surface area (Å²) in [6, 6.07) is 4.00. The predicted octanol–water partition coefficient (Wildman–Crippen LogP) is 4.81. The van der Waals surface area contributed by atoms with Crippen LogP contribution in [0.1, 0.15) is 45.1 Å². The third-order valence-electron chi connectivity index (χ3n) is 4.69. The molecule has 2 atom stereocenters. The third-order valence-corrected chi connectivity index (χ3v) is 4.69. The Balaban J connectivity index is 1.87. The van der Waals surface area contributed by atoms with Crippen molar-refractivity contribution >= 4 is 11.7 Å². The highest BCUT2D eigenvalue weighted by atomic mass is 19.4. The molecule has 4 nitrogen and oxygen atoms in total. The first-order valence-corrected chi connectivity index (χ1v) is 8.69. The molecule has 2 N–H and O–H groups in total. The van der Waals surface area contributed by atoms with Gasteiger partial charge in [0.2, 0.25) is 0 Å². The van der Waals surface area contributed by atoms with Gasteiger partial charge in [0.05, 0.1) is 11.7 Å². The zero-order valence-electron chi connectivity index (χ0n) is 14.5. The number of hydrogen-bond acceptors (Lipinski definition) is 2. The molecule has 7 heteroatoms. The molecule has 1 aromatic rings. The molecule has 2 amide bonds. The van der Waals surface area contributed by atoms with E-state index in [0.717, 1.165) is 37.8 Å². The molecule has 1 saturated heterocycles. The topological polar surface area (TPSA) is 50.4 Å². The van der Waals surface area contributed by atoms with E-state index in [1.165, 1.54) is 12.1 Å². The molecule has 25 heavy (non-hydrogen) atoms. The Morgan fingerprint density at radius 2 is 1.88 bits per heavy atom. The highest BCUT2D eigenvalue weighted by Crippen LogP contribution is 2.30. The lowest BCUT2D eigenvalue weighted by Gasteiger charge is -2.34. The fourth-order valence-electron chi connectivity index (χ4n) is 3.20. The monoisotopic (exact) mass is 358 g/mol. The van der Waals surface area contributed by atoms with Crippen LogP contribution in [0.15, 0.2) is 24.3 Å². The van der Waals surface area contributed by atoms with Crippen molar-refractivity contribution in [3.8, 4) is 0 Å². The second-order valence-corrected chi connectivity index (χ2v) is 6.38. The van der Waals surface area contributed by atoms with E-state index in [4.69, 9.17) is 4.74 Å². The number of urea groups is 1. The number of benzene rings is 1. The van der Waals surface area contributed by atoms with Crippen LogP contribution in [-0.4, -0.2) is 24.8 Å². The van der Waals surface area contributed by atoms with Crippen LogP contribution in [0.2, 0.25) is 0 Å². The molecule has 140 valence electrons. The summed E-state index contributed by atoms with van der Waals surface area (Å²) in [4.78, 5) is 12.1. The highest BCUT2D eigenvalue weighted by molar-refractivity contribution is 5.89. The molecule has 1 fully saturated rings. The van der Waals surface area contributed by atoms with E-state index < -0.39 is 17.8 Å². The summed E-state index contributed by atoms with van der Waals surface area (Å²) in [5, 5.41) is 5.47. The number of anilines is 1. The number of carbonyl (C=O) groups excluding carboxylic acids is 1. The van der Waals surface area contributed by atoms with E-state index in [-0.39, 0.29) is 12.1 Å². The molecule has 0 bridgehead atoms. The summed E-state index contributed by atoms with van der Waals surface area (Å²) in [7, 11) is 0. The van der Waals surface area contributed by atoms with Gasteiger partial charge in [-0.05, 0) is 43.0 Å². The molecule has 0 aromatic heterocycles. The number of rotatable bonds is 5. The minimum absolute atomic E-state index is 0.00815. The number of nitrogens with one attached hydrogen (secondary N) is 2. The molecule has 2 unspecified atom stereocenters. The summed E-state index contributed by atoms with van der Waals surface area (Å²) in [5.74, 6) is 0.475. The van der Waals surface area contributed by atoms with Gasteiger partial charge in [0.15, 0.2) is 0 Å². The average Bonchev–Trinajstić information content (AvgIpc) is 2.56. The Morgan fingerprint density at radius 3 is 2.44 bits per heavy atom. The molecule has 1 aliphatic rings. The van der Waals surface area contributed by atoms with Crippen molar-refractivity contribution < 1.29 is 22.7 Å². The molecule has 1 aromatic carbocycles. The fourth-order valence-corrected chi connectivity index (χ4v) is 3.20. The van der Waals surface area contributed by atoms with E-state index in [1.807, 2.05) is 0 Å². The van der Waals surface area contributed by atoms with Crippen molar-refractivity contribution in [3.05, 3.63) is 29.8 Å². The number of carbonyl (C=O) groups is 1. The van der Waals surface area contributed by atoms with E-state index in [9.17, 15) is 18.0 Å². The summed E-state index contributed by atoms with van der Waals surface area (Å²) >= 11 is 0. The smallest absolute Gasteiger partial charge is 0.378 e. The minimum atomic E-state index is -4.38. The molecule has 0 saturated carbocycles. The van der Waals surface area contributed by atoms with Gasteiger partial charge in [0.25, 0.3) is 0 Å². The maximum atomic E-state index is 12.5. The first-order valence-electron chi connectivity index (χ1n) is 8.69. The van der Waals surface area contributed by atoms with Gasteiger partial charge in [0, 0.05) is 18.3 Å². The van der Waals surface area contributed by atoms with E-state index in [2.05, 4.69) is 24.5 Å². The number of ether oxygens (including phenoxy) is 1. The average molecular weight is 358 g/mol. The van der Waals surface area contributed by atoms with Gasteiger partial charge in [-0.1, -0.05) is 26.7 Å². The van der Waals surface area contributed by atoms with Crippen molar-refractivity contribution in [2.45, 2.75) is 57.9 Å². The van der Waals surface area contributed by atoms with Crippen molar-refractivity contribution in [1.29, 1.82) is 0 Å². The molecular weight excluding hydrogens is 333 g/mol. The van der Waals surface area contributed by atoms with E-state index in [1.54, 1.807) is 0 Å². The Morgan fingerprint density at radius 1 is 1.24 bits per heavy atom. The molecule has 0 radical (unpaired) electrons. The second-order valence-electron chi connectivity index (χ2n) is 6.38. The molecule has 0 aliphatic carbocycles. The normalized spacial score (nSPS) is 21.2. The Labute approximate surface area is 146 Å². The van der Waals surface area contributed by atoms with Crippen LogP contribution in [0.25, 0.3) is 0 Å². The van der Waals surface area contributed by atoms with Crippen LogP contribution >= 0.6 is 0 Å². The van der Waals surface area contributed by atoms with Crippen LogP contribution in [0.3, 0.4) is 0 Å². The first-order chi connectivity index (χ1) is 11.8. The molecule has 0 spiro atoms. The summed E-state index contributed by atoms with van der Waals surface area (Å²) in [6.07, 6.45) is -0.686. The number of amides is 2. The Bertz CT molecular complexity index is 556. The number of alkyl halides is 3. The molecular formula is C18H25F3N2O2.